The molecule has 1 aliphatic carbocycles. The Bertz CT molecular complexity index is 220. The number of carboxylic acid groups (broad SMARTS) is 1. The van der Waals surface area contributed by atoms with Crippen LogP contribution in [-0.4, -0.2) is 11.1 Å². The van der Waals surface area contributed by atoms with Crippen LogP contribution in [0.4, 0.5) is 0 Å². The molecule has 1 N–H and O–H groups in total. The van der Waals surface area contributed by atoms with Crippen LogP contribution in [-0.2, 0) is 4.79 Å². The molecule has 0 saturated heterocycles. The molecule has 1 aliphatic rings. The molecule has 2 heteroatoms. The van der Waals surface area contributed by atoms with Crippen molar-refractivity contribution in [2.75, 3.05) is 0 Å². The van der Waals surface area contributed by atoms with Crippen molar-refractivity contribution in [2.45, 2.75) is 47.0 Å². The van der Waals surface area contributed by atoms with E-state index in [1.54, 1.807) is 0 Å². The molecule has 1 fully saturated rings. The van der Waals surface area contributed by atoms with Crippen LogP contribution in [0.25, 0.3) is 0 Å². The van der Waals surface area contributed by atoms with E-state index in [4.69, 9.17) is 5.11 Å². The summed E-state index contributed by atoms with van der Waals surface area (Å²) in [5, 5.41) is 9.15. The summed E-state index contributed by atoms with van der Waals surface area (Å²) in [6, 6.07) is 0. The van der Waals surface area contributed by atoms with Gasteiger partial charge in [0.25, 0.3) is 0 Å². The summed E-state index contributed by atoms with van der Waals surface area (Å²) in [7, 11) is 0. The molecule has 1 rings (SSSR count). The Kier molecular flexibility index (Phi) is 3.23. The molecule has 0 aromatic carbocycles. The maximum atomic E-state index is 11.1. The van der Waals surface area contributed by atoms with Gasteiger partial charge in [-0.3, -0.25) is 4.79 Å². The van der Waals surface area contributed by atoms with E-state index >= 15 is 0 Å². The van der Waals surface area contributed by atoms with E-state index in [0.717, 1.165) is 18.8 Å². The highest BCUT2D eigenvalue weighted by Crippen LogP contribution is 2.42. The summed E-state index contributed by atoms with van der Waals surface area (Å²) in [6.07, 6.45) is 3.33. The Labute approximate surface area is 86.7 Å². The van der Waals surface area contributed by atoms with Crippen LogP contribution in [0.2, 0.25) is 0 Å². The van der Waals surface area contributed by atoms with Crippen molar-refractivity contribution < 1.29 is 9.90 Å². The van der Waals surface area contributed by atoms with Gasteiger partial charge in [-0.15, -0.1) is 0 Å². The van der Waals surface area contributed by atoms with Crippen molar-refractivity contribution in [1.82, 2.24) is 0 Å². The van der Waals surface area contributed by atoms with Crippen LogP contribution < -0.4 is 0 Å². The van der Waals surface area contributed by atoms with Crippen LogP contribution in [0, 0.1) is 23.2 Å². The van der Waals surface area contributed by atoms with Crippen molar-refractivity contribution in [1.29, 1.82) is 0 Å². The van der Waals surface area contributed by atoms with Crippen molar-refractivity contribution in [3.63, 3.8) is 0 Å². The van der Waals surface area contributed by atoms with Crippen molar-refractivity contribution >= 4 is 5.97 Å². The van der Waals surface area contributed by atoms with Crippen LogP contribution in [0.1, 0.15) is 47.0 Å². The van der Waals surface area contributed by atoms with Crippen molar-refractivity contribution in [3.8, 4) is 0 Å². The first kappa shape index (κ1) is 11.5. The fourth-order valence-electron chi connectivity index (χ4n) is 2.38. The molecule has 3 atom stereocenters. The van der Waals surface area contributed by atoms with E-state index in [1.165, 1.54) is 6.42 Å². The minimum Gasteiger partial charge on any atom is -0.481 e. The third kappa shape index (κ3) is 2.10. The summed E-state index contributed by atoms with van der Waals surface area (Å²) in [5.74, 6) is 1.14. The molecule has 0 spiro atoms. The first-order valence-corrected chi connectivity index (χ1v) is 5.59. The van der Waals surface area contributed by atoms with Gasteiger partial charge in [0, 0.05) is 0 Å². The smallest absolute Gasteiger partial charge is 0.309 e. The molecule has 0 aromatic heterocycles. The van der Waals surface area contributed by atoms with Crippen LogP contribution >= 0.6 is 0 Å². The largest absolute Gasteiger partial charge is 0.481 e. The lowest BCUT2D eigenvalue weighted by atomic mass is 9.66. The number of rotatable bonds is 2. The summed E-state index contributed by atoms with van der Waals surface area (Å²) in [6.45, 7) is 8.24. The zero-order chi connectivity index (χ0) is 10.9. The fraction of sp³-hybridized carbons (Fsp3) is 0.917. The van der Waals surface area contributed by atoms with E-state index < -0.39 is 11.4 Å². The molecule has 0 amide bonds. The molecule has 0 aliphatic heterocycles. The zero-order valence-corrected chi connectivity index (χ0v) is 9.71. The summed E-state index contributed by atoms with van der Waals surface area (Å²) < 4.78 is 0. The van der Waals surface area contributed by atoms with Gasteiger partial charge in [0.05, 0.1) is 5.41 Å². The molecule has 82 valence electrons. The highest BCUT2D eigenvalue weighted by atomic mass is 16.4. The fourth-order valence-corrected chi connectivity index (χ4v) is 2.38. The Hall–Kier alpha value is -0.530. The average Bonchev–Trinajstić information content (AvgIpc) is 2.09. The average molecular weight is 198 g/mol. The number of hydrogen-bond donors (Lipinski definition) is 1. The summed E-state index contributed by atoms with van der Waals surface area (Å²) in [4.78, 5) is 11.1. The quantitative estimate of drug-likeness (QED) is 0.740. The zero-order valence-electron chi connectivity index (χ0n) is 9.71. The molecule has 14 heavy (non-hydrogen) atoms. The normalized spacial score (nSPS) is 34.1. The standard InChI is InChI=1S/C12H22O2/c1-8-5-6-10(7-9(8)2)12(3,4)11(13)14/h8-10H,5-7H2,1-4H3,(H,13,14). The Morgan fingerprint density at radius 3 is 2.21 bits per heavy atom. The van der Waals surface area contributed by atoms with E-state index in [2.05, 4.69) is 13.8 Å². The van der Waals surface area contributed by atoms with Gasteiger partial charge in [0.2, 0.25) is 0 Å². The van der Waals surface area contributed by atoms with Gasteiger partial charge in [0.1, 0.15) is 0 Å². The number of aliphatic carboxylic acids is 1. The van der Waals surface area contributed by atoms with Crippen LogP contribution in [0.5, 0.6) is 0 Å². The minimum atomic E-state index is -0.649. The summed E-state index contributed by atoms with van der Waals surface area (Å²) in [5.41, 5.74) is -0.547. The highest BCUT2D eigenvalue weighted by Gasteiger charge is 2.40. The lowest BCUT2D eigenvalue weighted by Crippen LogP contribution is -2.37. The molecule has 0 heterocycles. The topological polar surface area (TPSA) is 37.3 Å². The van der Waals surface area contributed by atoms with Crippen molar-refractivity contribution in [3.05, 3.63) is 0 Å². The molecule has 0 aromatic rings. The first-order chi connectivity index (χ1) is 6.35. The van der Waals surface area contributed by atoms with Crippen LogP contribution in [0.15, 0.2) is 0 Å². The van der Waals surface area contributed by atoms with Gasteiger partial charge in [-0.1, -0.05) is 20.3 Å². The lowest BCUT2D eigenvalue weighted by Gasteiger charge is -2.39. The lowest BCUT2D eigenvalue weighted by molar-refractivity contribution is -0.151. The first-order valence-electron chi connectivity index (χ1n) is 5.59. The maximum absolute atomic E-state index is 11.1. The second-order valence-electron chi connectivity index (χ2n) is 5.49. The third-order valence-electron chi connectivity index (χ3n) is 4.17. The molecule has 3 unspecified atom stereocenters. The Balaban J connectivity index is 2.67. The summed E-state index contributed by atoms with van der Waals surface area (Å²) >= 11 is 0. The molecular formula is C12H22O2. The van der Waals surface area contributed by atoms with Crippen LogP contribution in [0.3, 0.4) is 0 Å². The predicted molar refractivity (Wildman–Crippen MR) is 57.1 cm³/mol. The van der Waals surface area contributed by atoms with E-state index in [9.17, 15) is 4.79 Å². The van der Waals surface area contributed by atoms with Gasteiger partial charge in [-0.25, -0.2) is 0 Å². The Morgan fingerprint density at radius 2 is 1.79 bits per heavy atom. The molecule has 1 saturated carbocycles. The second kappa shape index (κ2) is 3.92. The second-order valence-corrected chi connectivity index (χ2v) is 5.49. The highest BCUT2D eigenvalue weighted by molar-refractivity contribution is 5.74. The van der Waals surface area contributed by atoms with E-state index in [1.807, 2.05) is 13.8 Å². The van der Waals surface area contributed by atoms with E-state index in [-0.39, 0.29) is 0 Å². The van der Waals surface area contributed by atoms with Gasteiger partial charge in [0.15, 0.2) is 0 Å². The number of carboxylic acids is 1. The third-order valence-corrected chi connectivity index (χ3v) is 4.17. The predicted octanol–water partition coefficient (Wildman–Crippen LogP) is 3.17. The molecule has 0 bridgehead atoms. The van der Waals surface area contributed by atoms with Crippen molar-refractivity contribution in [2.24, 2.45) is 23.2 Å². The number of hydrogen-bond acceptors (Lipinski definition) is 1. The molecular weight excluding hydrogens is 176 g/mol. The number of carbonyl (C=O) groups is 1. The molecule has 2 nitrogen and oxygen atoms in total. The maximum Gasteiger partial charge on any atom is 0.309 e. The van der Waals surface area contributed by atoms with Gasteiger partial charge < -0.3 is 5.11 Å². The van der Waals surface area contributed by atoms with E-state index in [0.29, 0.717) is 11.8 Å². The van der Waals surface area contributed by atoms with Gasteiger partial charge >= 0.3 is 5.97 Å². The minimum absolute atomic E-state index is 0.353. The van der Waals surface area contributed by atoms with Gasteiger partial charge in [-0.2, -0.15) is 0 Å². The molecule has 0 radical (unpaired) electrons. The SMILES string of the molecule is CC1CCC(C(C)(C)C(=O)O)CC1C. The van der Waals surface area contributed by atoms with Gasteiger partial charge in [-0.05, 0) is 44.4 Å². The Morgan fingerprint density at radius 1 is 1.21 bits per heavy atom. The monoisotopic (exact) mass is 198 g/mol.